The molecule has 0 spiro atoms. The number of nitrogens with zero attached hydrogens (tertiary/aromatic N) is 1. The van der Waals surface area contributed by atoms with Gasteiger partial charge in [0, 0.05) is 36.0 Å². The summed E-state index contributed by atoms with van der Waals surface area (Å²) in [6.07, 6.45) is 3.81. The molecule has 0 saturated carbocycles. The van der Waals surface area contributed by atoms with Gasteiger partial charge < -0.3 is 20.8 Å². The van der Waals surface area contributed by atoms with Crippen LogP contribution in [0.5, 0.6) is 0 Å². The molecule has 1 unspecified atom stereocenters. The zero-order valence-electron chi connectivity index (χ0n) is 18.2. The molecule has 0 radical (unpaired) electrons. The van der Waals surface area contributed by atoms with Gasteiger partial charge in [-0.25, -0.2) is 0 Å². The molecule has 1 atom stereocenters. The molecule has 1 aliphatic heterocycles. The Morgan fingerprint density at radius 2 is 1.85 bits per heavy atom. The summed E-state index contributed by atoms with van der Waals surface area (Å²) in [7, 11) is 0. The van der Waals surface area contributed by atoms with Gasteiger partial charge in [0.1, 0.15) is 0 Å². The van der Waals surface area contributed by atoms with E-state index in [2.05, 4.69) is 58.6 Å². The van der Waals surface area contributed by atoms with Crippen LogP contribution in [0, 0.1) is 5.41 Å². The molecule has 4 N–H and O–H groups in total. The average Bonchev–Trinajstić information content (AvgIpc) is 2.62. The lowest BCUT2D eigenvalue weighted by Crippen LogP contribution is -2.53. The fourth-order valence-electron chi connectivity index (χ4n) is 4.79. The molecule has 27 heavy (non-hydrogen) atoms. The number of nitrogen functional groups attached to an aromatic ring is 1. The Bertz CT molecular complexity index is 636. The first-order chi connectivity index (χ1) is 12.6. The fraction of sp³-hybridized carbons (Fsp3) is 0.739. The van der Waals surface area contributed by atoms with Gasteiger partial charge in [0.25, 0.3) is 0 Å². The predicted octanol–water partition coefficient (Wildman–Crippen LogP) is 4.65. The van der Waals surface area contributed by atoms with Gasteiger partial charge in [-0.2, -0.15) is 0 Å². The van der Waals surface area contributed by atoms with Crippen LogP contribution in [0.3, 0.4) is 0 Å². The van der Waals surface area contributed by atoms with E-state index in [9.17, 15) is 10.2 Å². The molecule has 1 aromatic rings. The zero-order chi connectivity index (χ0) is 20.4. The Morgan fingerprint density at radius 3 is 2.33 bits per heavy atom. The van der Waals surface area contributed by atoms with Crippen LogP contribution in [-0.4, -0.2) is 35.5 Å². The number of benzene rings is 1. The standard InChI is InChI=1S/C23H40N2O2/c1-7-23(8-2,9-10-26)15-25-21-12-18(16(3)4)20(24)11-19(21)17(14-27)13-22(25,5)6/h11-12,16-17,26-27H,7-10,13-15,24H2,1-6H3. The van der Waals surface area contributed by atoms with E-state index in [1.165, 1.54) is 16.8 Å². The number of aliphatic hydroxyl groups is 2. The molecule has 1 aromatic carbocycles. The lowest BCUT2D eigenvalue weighted by molar-refractivity contribution is 0.157. The van der Waals surface area contributed by atoms with Gasteiger partial charge in [0.15, 0.2) is 0 Å². The summed E-state index contributed by atoms with van der Waals surface area (Å²) < 4.78 is 0. The highest BCUT2D eigenvalue weighted by atomic mass is 16.3. The van der Waals surface area contributed by atoms with E-state index < -0.39 is 0 Å². The van der Waals surface area contributed by atoms with Gasteiger partial charge in [-0.1, -0.05) is 27.7 Å². The highest BCUT2D eigenvalue weighted by molar-refractivity contribution is 5.68. The number of anilines is 2. The molecule has 4 heteroatoms. The van der Waals surface area contributed by atoms with Crippen molar-refractivity contribution in [2.24, 2.45) is 5.41 Å². The van der Waals surface area contributed by atoms with Crippen molar-refractivity contribution in [1.29, 1.82) is 0 Å². The number of aliphatic hydroxyl groups excluding tert-OH is 2. The quantitative estimate of drug-likeness (QED) is 0.578. The predicted molar refractivity (Wildman–Crippen MR) is 116 cm³/mol. The van der Waals surface area contributed by atoms with Crippen LogP contribution in [0.4, 0.5) is 11.4 Å². The van der Waals surface area contributed by atoms with E-state index in [1.54, 1.807) is 0 Å². The molecule has 0 aromatic heterocycles. The molecule has 1 heterocycles. The van der Waals surface area contributed by atoms with Crippen molar-refractivity contribution in [2.75, 3.05) is 30.4 Å². The van der Waals surface area contributed by atoms with Gasteiger partial charge in [0.2, 0.25) is 0 Å². The van der Waals surface area contributed by atoms with Gasteiger partial charge in [-0.15, -0.1) is 0 Å². The van der Waals surface area contributed by atoms with Crippen LogP contribution in [0.15, 0.2) is 12.1 Å². The van der Waals surface area contributed by atoms with Crippen LogP contribution in [0.1, 0.15) is 90.2 Å². The maximum absolute atomic E-state index is 10.0. The Morgan fingerprint density at radius 1 is 1.22 bits per heavy atom. The molecule has 2 rings (SSSR count). The summed E-state index contributed by atoms with van der Waals surface area (Å²) in [6.45, 7) is 14.7. The smallest absolute Gasteiger partial charge is 0.0501 e. The Kier molecular flexibility index (Phi) is 6.86. The Labute approximate surface area is 165 Å². The topological polar surface area (TPSA) is 69.7 Å². The van der Waals surface area contributed by atoms with Crippen molar-refractivity contribution in [3.8, 4) is 0 Å². The molecule has 0 saturated heterocycles. The van der Waals surface area contributed by atoms with Gasteiger partial charge in [-0.05, 0) is 74.1 Å². The highest BCUT2D eigenvalue weighted by Crippen LogP contribution is 2.48. The first-order valence-electron chi connectivity index (χ1n) is 10.6. The van der Waals surface area contributed by atoms with Crippen molar-refractivity contribution in [2.45, 2.75) is 84.6 Å². The third kappa shape index (κ3) is 4.27. The van der Waals surface area contributed by atoms with E-state index in [4.69, 9.17) is 5.73 Å². The number of hydrogen-bond acceptors (Lipinski definition) is 4. The lowest BCUT2D eigenvalue weighted by atomic mass is 9.74. The van der Waals surface area contributed by atoms with Crippen molar-refractivity contribution in [3.05, 3.63) is 23.3 Å². The van der Waals surface area contributed by atoms with Crippen LogP contribution in [0.2, 0.25) is 0 Å². The number of fused-ring (bicyclic) bond motifs is 1. The molecule has 0 fully saturated rings. The molecule has 0 amide bonds. The molecule has 0 aliphatic carbocycles. The molecular formula is C23H40N2O2. The highest BCUT2D eigenvalue weighted by Gasteiger charge is 2.41. The van der Waals surface area contributed by atoms with E-state index in [1.807, 2.05) is 0 Å². The molecule has 154 valence electrons. The third-order valence-corrected chi connectivity index (χ3v) is 6.92. The maximum atomic E-state index is 10.0. The fourth-order valence-corrected chi connectivity index (χ4v) is 4.79. The minimum atomic E-state index is -0.0597. The van der Waals surface area contributed by atoms with E-state index in [0.717, 1.165) is 37.9 Å². The van der Waals surface area contributed by atoms with E-state index in [-0.39, 0.29) is 30.1 Å². The summed E-state index contributed by atoms with van der Waals surface area (Å²) in [6, 6.07) is 4.35. The van der Waals surface area contributed by atoms with Crippen molar-refractivity contribution < 1.29 is 10.2 Å². The Hall–Kier alpha value is -1.26. The average molecular weight is 377 g/mol. The maximum Gasteiger partial charge on any atom is 0.0501 e. The van der Waals surface area contributed by atoms with Gasteiger partial charge >= 0.3 is 0 Å². The van der Waals surface area contributed by atoms with Gasteiger partial charge in [-0.3, -0.25) is 0 Å². The number of nitrogens with two attached hydrogens (primary N) is 1. The van der Waals surface area contributed by atoms with Crippen molar-refractivity contribution >= 4 is 11.4 Å². The van der Waals surface area contributed by atoms with Crippen LogP contribution >= 0.6 is 0 Å². The lowest BCUT2D eigenvalue weighted by Gasteiger charge is -2.52. The molecule has 0 bridgehead atoms. The SMILES string of the molecule is CCC(CC)(CCO)CN1c2cc(C(C)C)c(N)cc2C(CO)CC1(C)C. The molecule has 4 nitrogen and oxygen atoms in total. The summed E-state index contributed by atoms with van der Waals surface area (Å²) in [4.78, 5) is 2.53. The summed E-state index contributed by atoms with van der Waals surface area (Å²) >= 11 is 0. The van der Waals surface area contributed by atoms with Gasteiger partial charge in [0.05, 0.1) is 6.61 Å². The third-order valence-electron chi connectivity index (χ3n) is 6.92. The second-order valence-corrected chi connectivity index (χ2v) is 9.36. The van der Waals surface area contributed by atoms with Crippen LogP contribution < -0.4 is 10.6 Å². The molecular weight excluding hydrogens is 336 g/mol. The minimum absolute atomic E-state index is 0.0597. The normalized spacial score (nSPS) is 19.4. The summed E-state index contributed by atoms with van der Waals surface area (Å²) in [5, 5.41) is 19.7. The molecule has 1 aliphatic rings. The van der Waals surface area contributed by atoms with E-state index >= 15 is 0 Å². The van der Waals surface area contributed by atoms with Crippen LogP contribution in [-0.2, 0) is 0 Å². The summed E-state index contributed by atoms with van der Waals surface area (Å²) in [5.41, 5.74) is 10.8. The first kappa shape index (κ1) is 22.0. The number of rotatable bonds is 8. The van der Waals surface area contributed by atoms with Crippen molar-refractivity contribution in [1.82, 2.24) is 0 Å². The second-order valence-electron chi connectivity index (χ2n) is 9.36. The van der Waals surface area contributed by atoms with Crippen molar-refractivity contribution in [3.63, 3.8) is 0 Å². The largest absolute Gasteiger partial charge is 0.398 e. The Balaban J connectivity index is 2.61. The first-order valence-corrected chi connectivity index (χ1v) is 10.6. The number of hydrogen-bond donors (Lipinski definition) is 3. The van der Waals surface area contributed by atoms with E-state index in [0.29, 0.717) is 5.92 Å². The minimum Gasteiger partial charge on any atom is -0.398 e. The second kappa shape index (κ2) is 8.40. The monoisotopic (exact) mass is 376 g/mol. The summed E-state index contributed by atoms with van der Waals surface area (Å²) in [5.74, 6) is 0.472. The zero-order valence-corrected chi connectivity index (χ0v) is 18.2. The van der Waals surface area contributed by atoms with Crippen LogP contribution in [0.25, 0.3) is 0 Å².